The van der Waals surface area contributed by atoms with E-state index in [-0.39, 0.29) is 5.69 Å². The van der Waals surface area contributed by atoms with Crippen molar-refractivity contribution in [3.8, 4) is 0 Å². The van der Waals surface area contributed by atoms with Crippen molar-refractivity contribution in [2.75, 3.05) is 5.73 Å². The van der Waals surface area contributed by atoms with E-state index in [0.717, 1.165) is 0 Å². The van der Waals surface area contributed by atoms with E-state index in [1.54, 1.807) is 0 Å². The summed E-state index contributed by atoms with van der Waals surface area (Å²) >= 11 is 5.55. The Morgan fingerprint density at radius 2 is 2.30 bits per heavy atom. The van der Waals surface area contributed by atoms with Gasteiger partial charge in [0.05, 0.1) is 16.3 Å². The van der Waals surface area contributed by atoms with Crippen LogP contribution >= 0.6 is 11.6 Å². The zero-order valence-electron chi connectivity index (χ0n) is 5.04. The fraction of sp³-hybridized carbons (Fsp3) is 0. The number of nitrogen functional groups attached to an aromatic ring is 1. The lowest BCUT2D eigenvalue weighted by molar-refractivity contribution is 0.112. The number of aromatic nitrogens is 1. The molecule has 0 unspecified atom stereocenters. The van der Waals surface area contributed by atoms with Crippen LogP contribution in [0.3, 0.4) is 0 Å². The maximum Gasteiger partial charge on any atom is 0.153 e. The normalized spacial score (nSPS) is 9.30. The van der Waals surface area contributed by atoms with Crippen LogP contribution in [0.4, 0.5) is 5.69 Å². The highest BCUT2D eigenvalue weighted by Gasteiger charge is 2.00. The van der Waals surface area contributed by atoms with Crippen molar-refractivity contribution < 1.29 is 4.79 Å². The van der Waals surface area contributed by atoms with Crippen molar-refractivity contribution in [1.29, 1.82) is 0 Å². The number of carbonyl (C=O) groups excluding carboxylic acids is 1. The quantitative estimate of drug-likeness (QED) is 0.621. The predicted molar refractivity (Wildman–Crippen MR) is 39.0 cm³/mol. The van der Waals surface area contributed by atoms with E-state index in [1.807, 2.05) is 0 Å². The van der Waals surface area contributed by atoms with Gasteiger partial charge in [0.2, 0.25) is 0 Å². The van der Waals surface area contributed by atoms with Crippen molar-refractivity contribution in [3.05, 3.63) is 23.0 Å². The van der Waals surface area contributed by atoms with Gasteiger partial charge in [0.15, 0.2) is 6.29 Å². The maximum absolute atomic E-state index is 10.2. The molecule has 0 saturated carbocycles. The van der Waals surface area contributed by atoms with Gasteiger partial charge in [0.1, 0.15) is 0 Å². The SMILES string of the molecule is Nc1c(Cl)cncc1C=O. The minimum atomic E-state index is 0.284. The molecule has 0 aliphatic heterocycles. The van der Waals surface area contributed by atoms with Gasteiger partial charge in [0, 0.05) is 12.4 Å². The molecule has 2 N–H and O–H groups in total. The monoisotopic (exact) mass is 156 g/mol. The molecular weight excluding hydrogens is 152 g/mol. The van der Waals surface area contributed by atoms with E-state index in [4.69, 9.17) is 17.3 Å². The van der Waals surface area contributed by atoms with Crippen molar-refractivity contribution in [3.63, 3.8) is 0 Å². The molecule has 0 fully saturated rings. The number of aldehydes is 1. The van der Waals surface area contributed by atoms with Crippen LogP contribution < -0.4 is 5.73 Å². The van der Waals surface area contributed by atoms with Gasteiger partial charge in [0.25, 0.3) is 0 Å². The van der Waals surface area contributed by atoms with E-state index in [0.29, 0.717) is 16.9 Å². The number of carbonyl (C=O) groups is 1. The molecule has 0 bridgehead atoms. The Morgan fingerprint density at radius 3 is 2.80 bits per heavy atom. The number of anilines is 1. The van der Waals surface area contributed by atoms with E-state index in [2.05, 4.69) is 4.98 Å². The molecule has 0 radical (unpaired) electrons. The van der Waals surface area contributed by atoms with Crippen LogP contribution in [0, 0.1) is 0 Å². The van der Waals surface area contributed by atoms with E-state index >= 15 is 0 Å². The summed E-state index contributed by atoms with van der Waals surface area (Å²) in [6.07, 6.45) is 3.38. The van der Waals surface area contributed by atoms with Crippen LogP contribution in [-0.2, 0) is 0 Å². The number of hydrogen-bond acceptors (Lipinski definition) is 3. The van der Waals surface area contributed by atoms with Crippen molar-refractivity contribution >= 4 is 23.6 Å². The molecule has 0 atom stereocenters. The van der Waals surface area contributed by atoms with Crippen LogP contribution in [0.1, 0.15) is 10.4 Å². The second-order valence-corrected chi connectivity index (χ2v) is 2.15. The Morgan fingerprint density at radius 1 is 1.60 bits per heavy atom. The zero-order chi connectivity index (χ0) is 7.56. The Bertz CT molecular complexity index is 262. The standard InChI is InChI=1S/C6H5ClN2O/c7-5-2-9-1-4(3-10)6(5)8/h1-3H,(H2,8,9). The van der Waals surface area contributed by atoms with Gasteiger partial charge in [-0.1, -0.05) is 11.6 Å². The summed E-state index contributed by atoms with van der Waals surface area (Å²) < 4.78 is 0. The Labute approximate surface area is 62.8 Å². The molecule has 0 aliphatic rings. The second kappa shape index (κ2) is 2.66. The zero-order valence-corrected chi connectivity index (χ0v) is 5.80. The lowest BCUT2D eigenvalue weighted by Crippen LogP contribution is -1.94. The number of hydrogen-bond donors (Lipinski definition) is 1. The topological polar surface area (TPSA) is 56.0 Å². The number of nitrogens with zero attached hydrogens (tertiary/aromatic N) is 1. The average molecular weight is 157 g/mol. The molecule has 1 heterocycles. The first-order valence-corrected chi connectivity index (χ1v) is 2.97. The van der Waals surface area contributed by atoms with Gasteiger partial charge in [-0.05, 0) is 0 Å². The minimum absolute atomic E-state index is 0.284. The molecule has 0 saturated heterocycles. The van der Waals surface area contributed by atoms with Crippen LogP contribution in [0.25, 0.3) is 0 Å². The van der Waals surface area contributed by atoms with Gasteiger partial charge >= 0.3 is 0 Å². The number of nitrogens with two attached hydrogens (primary N) is 1. The molecule has 52 valence electrons. The first-order chi connectivity index (χ1) is 4.75. The van der Waals surface area contributed by atoms with Gasteiger partial charge in [-0.15, -0.1) is 0 Å². The largest absolute Gasteiger partial charge is 0.397 e. The summed E-state index contributed by atoms with van der Waals surface area (Å²) in [5.41, 5.74) is 6.00. The molecular formula is C6H5ClN2O. The Kier molecular flexibility index (Phi) is 1.87. The average Bonchev–Trinajstić information content (AvgIpc) is 1.95. The van der Waals surface area contributed by atoms with Crippen LogP contribution in [0.15, 0.2) is 12.4 Å². The van der Waals surface area contributed by atoms with Crippen LogP contribution in [0.2, 0.25) is 5.02 Å². The number of pyridine rings is 1. The lowest BCUT2D eigenvalue weighted by atomic mass is 10.3. The lowest BCUT2D eigenvalue weighted by Gasteiger charge is -1.97. The molecule has 0 spiro atoms. The molecule has 10 heavy (non-hydrogen) atoms. The highest BCUT2D eigenvalue weighted by molar-refractivity contribution is 6.33. The van der Waals surface area contributed by atoms with Crippen molar-refractivity contribution in [2.45, 2.75) is 0 Å². The Hall–Kier alpha value is -1.09. The second-order valence-electron chi connectivity index (χ2n) is 1.74. The van der Waals surface area contributed by atoms with E-state index < -0.39 is 0 Å². The molecule has 1 rings (SSSR count). The van der Waals surface area contributed by atoms with Gasteiger partial charge < -0.3 is 5.73 Å². The number of halogens is 1. The third-order valence-corrected chi connectivity index (χ3v) is 1.40. The summed E-state index contributed by atoms with van der Waals surface area (Å²) in [6, 6.07) is 0. The number of rotatable bonds is 1. The smallest absolute Gasteiger partial charge is 0.153 e. The summed E-state index contributed by atoms with van der Waals surface area (Å²) in [7, 11) is 0. The van der Waals surface area contributed by atoms with Gasteiger partial charge in [-0.25, -0.2) is 0 Å². The van der Waals surface area contributed by atoms with Crippen LogP contribution in [-0.4, -0.2) is 11.3 Å². The molecule has 0 aliphatic carbocycles. The summed E-state index contributed by atoms with van der Waals surface area (Å²) in [5.74, 6) is 0. The molecule has 4 heteroatoms. The first-order valence-electron chi connectivity index (χ1n) is 2.60. The molecule has 1 aromatic rings. The fourth-order valence-electron chi connectivity index (χ4n) is 0.554. The summed E-state index contributed by atoms with van der Waals surface area (Å²) in [6.45, 7) is 0. The molecule has 0 aromatic carbocycles. The predicted octanol–water partition coefficient (Wildman–Crippen LogP) is 1.13. The molecule has 3 nitrogen and oxygen atoms in total. The Balaban J connectivity index is 3.27. The highest BCUT2D eigenvalue weighted by Crippen LogP contribution is 2.18. The highest BCUT2D eigenvalue weighted by atomic mass is 35.5. The van der Waals surface area contributed by atoms with Crippen LogP contribution in [0.5, 0.6) is 0 Å². The molecule has 1 aromatic heterocycles. The minimum Gasteiger partial charge on any atom is -0.397 e. The maximum atomic E-state index is 10.2. The van der Waals surface area contributed by atoms with E-state index in [9.17, 15) is 4.79 Å². The van der Waals surface area contributed by atoms with E-state index in [1.165, 1.54) is 12.4 Å². The third kappa shape index (κ3) is 1.09. The van der Waals surface area contributed by atoms with Crippen molar-refractivity contribution in [1.82, 2.24) is 4.98 Å². The van der Waals surface area contributed by atoms with Crippen molar-refractivity contribution in [2.24, 2.45) is 0 Å². The van der Waals surface area contributed by atoms with Gasteiger partial charge in [-0.3, -0.25) is 9.78 Å². The van der Waals surface area contributed by atoms with Gasteiger partial charge in [-0.2, -0.15) is 0 Å². The molecule has 0 amide bonds. The third-order valence-electron chi connectivity index (χ3n) is 1.10. The fourth-order valence-corrected chi connectivity index (χ4v) is 0.719. The summed E-state index contributed by atoms with van der Waals surface area (Å²) in [4.78, 5) is 13.9. The summed E-state index contributed by atoms with van der Waals surface area (Å²) in [5, 5.41) is 0.310. The first kappa shape index (κ1) is 7.02.